The first-order valence-electron chi connectivity index (χ1n) is 7.05. The van der Waals surface area contributed by atoms with Crippen molar-refractivity contribution in [2.45, 2.75) is 19.4 Å². The fraction of sp³-hybridized carbons (Fsp3) is 0.533. The first kappa shape index (κ1) is 15.1. The summed E-state index contributed by atoms with van der Waals surface area (Å²) in [7, 11) is 0. The molecule has 1 aromatic rings. The number of amides is 1. The number of nitrogens with zero attached hydrogens (tertiary/aromatic N) is 1. The molecule has 0 atom stereocenters. The number of rotatable bonds is 7. The van der Waals surface area contributed by atoms with Gasteiger partial charge in [0.05, 0.1) is 0 Å². The third-order valence-corrected chi connectivity index (χ3v) is 3.68. The zero-order valence-corrected chi connectivity index (χ0v) is 12.4. The van der Waals surface area contributed by atoms with Crippen LogP contribution in [0.5, 0.6) is 5.75 Å². The van der Waals surface area contributed by atoms with Crippen molar-refractivity contribution in [3.8, 4) is 5.75 Å². The molecule has 1 aliphatic rings. The molecule has 0 saturated carbocycles. The van der Waals surface area contributed by atoms with Gasteiger partial charge in [0.25, 0.3) is 0 Å². The SMILES string of the molecule is O=C(CCl)NCc1ccccc1OCCN1CCCC1. The monoisotopic (exact) mass is 296 g/mol. The van der Waals surface area contributed by atoms with E-state index in [4.69, 9.17) is 16.3 Å². The maximum Gasteiger partial charge on any atom is 0.235 e. The molecule has 1 amide bonds. The summed E-state index contributed by atoms with van der Waals surface area (Å²) < 4.78 is 5.84. The van der Waals surface area contributed by atoms with Crippen LogP contribution in [0.15, 0.2) is 24.3 Å². The largest absolute Gasteiger partial charge is 0.492 e. The van der Waals surface area contributed by atoms with E-state index >= 15 is 0 Å². The zero-order chi connectivity index (χ0) is 14.2. The number of carbonyl (C=O) groups is 1. The molecular formula is C15H21ClN2O2. The van der Waals surface area contributed by atoms with Crippen molar-refractivity contribution < 1.29 is 9.53 Å². The number of halogens is 1. The second-order valence-corrected chi connectivity index (χ2v) is 5.18. The number of benzene rings is 1. The van der Waals surface area contributed by atoms with Gasteiger partial charge in [0.15, 0.2) is 0 Å². The number of alkyl halides is 1. The Balaban J connectivity index is 1.81. The summed E-state index contributed by atoms with van der Waals surface area (Å²) in [6.45, 7) is 4.45. The standard InChI is InChI=1S/C15H21ClN2O2/c16-11-15(19)17-12-13-5-1-2-6-14(13)20-10-9-18-7-3-4-8-18/h1-2,5-6H,3-4,7-12H2,(H,17,19). The average molecular weight is 297 g/mol. The quantitative estimate of drug-likeness (QED) is 0.783. The third kappa shape index (κ3) is 4.69. The van der Waals surface area contributed by atoms with Crippen LogP contribution in [0.25, 0.3) is 0 Å². The molecule has 0 aliphatic carbocycles. The minimum Gasteiger partial charge on any atom is -0.492 e. The summed E-state index contributed by atoms with van der Waals surface area (Å²) in [5.41, 5.74) is 0.979. The Morgan fingerprint density at radius 3 is 2.80 bits per heavy atom. The van der Waals surface area contributed by atoms with Gasteiger partial charge >= 0.3 is 0 Å². The van der Waals surface area contributed by atoms with E-state index in [-0.39, 0.29) is 11.8 Å². The Labute approximate surface area is 125 Å². The van der Waals surface area contributed by atoms with Crippen LogP contribution >= 0.6 is 11.6 Å². The topological polar surface area (TPSA) is 41.6 Å². The number of carbonyl (C=O) groups excluding carboxylic acids is 1. The molecule has 0 radical (unpaired) electrons. The minimum atomic E-state index is -0.168. The minimum absolute atomic E-state index is 0.0159. The number of ether oxygens (including phenoxy) is 1. The van der Waals surface area contributed by atoms with Crippen LogP contribution in [0.3, 0.4) is 0 Å². The fourth-order valence-corrected chi connectivity index (χ4v) is 2.42. The molecule has 4 nitrogen and oxygen atoms in total. The van der Waals surface area contributed by atoms with E-state index in [2.05, 4.69) is 10.2 Å². The average Bonchev–Trinajstić information content (AvgIpc) is 2.99. The first-order chi connectivity index (χ1) is 9.79. The molecule has 0 unspecified atom stereocenters. The number of para-hydroxylation sites is 1. The normalized spacial score (nSPS) is 15.2. The van der Waals surface area contributed by atoms with E-state index in [1.165, 1.54) is 25.9 Å². The van der Waals surface area contributed by atoms with E-state index in [1.54, 1.807) is 0 Å². The molecule has 5 heteroatoms. The molecule has 0 aromatic heterocycles. The third-order valence-electron chi connectivity index (χ3n) is 3.43. The maximum absolute atomic E-state index is 11.2. The Morgan fingerprint density at radius 2 is 2.05 bits per heavy atom. The lowest BCUT2D eigenvalue weighted by molar-refractivity contribution is -0.118. The van der Waals surface area contributed by atoms with Gasteiger partial charge in [-0.3, -0.25) is 9.69 Å². The molecule has 1 saturated heterocycles. The van der Waals surface area contributed by atoms with Crippen molar-refractivity contribution >= 4 is 17.5 Å². The molecule has 20 heavy (non-hydrogen) atoms. The van der Waals surface area contributed by atoms with Gasteiger partial charge in [0, 0.05) is 18.7 Å². The Morgan fingerprint density at radius 1 is 1.30 bits per heavy atom. The lowest BCUT2D eigenvalue weighted by atomic mass is 10.2. The molecule has 0 spiro atoms. The van der Waals surface area contributed by atoms with Crippen LogP contribution in [0.2, 0.25) is 0 Å². The number of nitrogens with one attached hydrogen (secondary N) is 1. The highest BCUT2D eigenvalue weighted by atomic mass is 35.5. The summed E-state index contributed by atoms with van der Waals surface area (Å²) >= 11 is 5.47. The molecule has 2 rings (SSSR count). The molecule has 1 fully saturated rings. The summed E-state index contributed by atoms with van der Waals surface area (Å²) in [5, 5.41) is 2.76. The lowest BCUT2D eigenvalue weighted by Crippen LogP contribution is -2.26. The predicted octanol–water partition coefficient (Wildman–Crippen LogP) is 2.02. The van der Waals surface area contributed by atoms with Gasteiger partial charge in [-0.2, -0.15) is 0 Å². The van der Waals surface area contributed by atoms with Crippen LogP contribution < -0.4 is 10.1 Å². The summed E-state index contributed by atoms with van der Waals surface area (Å²) in [5.74, 6) is 0.651. The zero-order valence-electron chi connectivity index (χ0n) is 11.6. The number of hydrogen-bond acceptors (Lipinski definition) is 3. The molecule has 110 valence electrons. The summed E-state index contributed by atoms with van der Waals surface area (Å²) in [6.07, 6.45) is 2.59. The maximum atomic E-state index is 11.2. The first-order valence-corrected chi connectivity index (χ1v) is 7.59. The predicted molar refractivity (Wildman–Crippen MR) is 80.2 cm³/mol. The van der Waals surface area contributed by atoms with Crippen molar-refractivity contribution in [3.63, 3.8) is 0 Å². The van der Waals surface area contributed by atoms with Crippen molar-refractivity contribution in [3.05, 3.63) is 29.8 Å². The second-order valence-electron chi connectivity index (χ2n) is 4.92. The number of likely N-dealkylation sites (tertiary alicyclic amines) is 1. The van der Waals surface area contributed by atoms with Gasteiger partial charge in [-0.15, -0.1) is 11.6 Å². The highest BCUT2D eigenvalue weighted by molar-refractivity contribution is 6.27. The molecular weight excluding hydrogens is 276 g/mol. The van der Waals surface area contributed by atoms with Gasteiger partial charge < -0.3 is 10.1 Å². The lowest BCUT2D eigenvalue weighted by Gasteiger charge is -2.16. The van der Waals surface area contributed by atoms with E-state index in [0.717, 1.165) is 17.9 Å². The van der Waals surface area contributed by atoms with Gasteiger partial charge in [-0.1, -0.05) is 18.2 Å². The Bertz CT molecular complexity index is 434. The van der Waals surface area contributed by atoms with Crippen molar-refractivity contribution in [1.82, 2.24) is 10.2 Å². The highest BCUT2D eigenvalue weighted by Gasteiger charge is 2.11. The van der Waals surface area contributed by atoms with Crippen LogP contribution in [0, 0.1) is 0 Å². The molecule has 1 aromatic carbocycles. The van der Waals surface area contributed by atoms with Crippen LogP contribution in [-0.2, 0) is 11.3 Å². The fourth-order valence-electron chi connectivity index (χ4n) is 2.32. The Kier molecular flexibility index (Phi) is 6.15. The smallest absolute Gasteiger partial charge is 0.235 e. The molecule has 0 bridgehead atoms. The molecule has 1 heterocycles. The van der Waals surface area contributed by atoms with E-state index in [0.29, 0.717) is 13.2 Å². The van der Waals surface area contributed by atoms with E-state index in [9.17, 15) is 4.79 Å². The Hall–Kier alpha value is -1.26. The van der Waals surface area contributed by atoms with Gasteiger partial charge in [-0.05, 0) is 32.0 Å². The molecule has 1 aliphatic heterocycles. The van der Waals surface area contributed by atoms with Crippen LogP contribution in [0.1, 0.15) is 18.4 Å². The van der Waals surface area contributed by atoms with Crippen LogP contribution in [0.4, 0.5) is 0 Å². The highest BCUT2D eigenvalue weighted by Crippen LogP contribution is 2.18. The molecule has 1 N–H and O–H groups in total. The summed E-state index contributed by atoms with van der Waals surface area (Å²) in [4.78, 5) is 13.6. The van der Waals surface area contributed by atoms with Gasteiger partial charge in [0.1, 0.15) is 18.2 Å². The van der Waals surface area contributed by atoms with E-state index < -0.39 is 0 Å². The van der Waals surface area contributed by atoms with Gasteiger partial charge in [0.2, 0.25) is 5.91 Å². The van der Waals surface area contributed by atoms with Gasteiger partial charge in [-0.25, -0.2) is 0 Å². The second kappa shape index (κ2) is 8.12. The van der Waals surface area contributed by atoms with Crippen molar-refractivity contribution in [2.75, 3.05) is 32.1 Å². The van der Waals surface area contributed by atoms with Crippen molar-refractivity contribution in [2.24, 2.45) is 0 Å². The van der Waals surface area contributed by atoms with Crippen LogP contribution in [-0.4, -0.2) is 42.9 Å². The van der Waals surface area contributed by atoms with E-state index in [1.807, 2.05) is 24.3 Å². The summed E-state index contributed by atoms with van der Waals surface area (Å²) in [6, 6.07) is 7.78. The number of hydrogen-bond donors (Lipinski definition) is 1. The van der Waals surface area contributed by atoms with Crippen molar-refractivity contribution in [1.29, 1.82) is 0 Å².